The van der Waals surface area contributed by atoms with Crippen molar-refractivity contribution in [3.05, 3.63) is 17.0 Å². The number of hydrogen-bond donors (Lipinski definition) is 2. The van der Waals surface area contributed by atoms with Gasteiger partial charge >= 0.3 is 0 Å². The highest BCUT2D eigenvalue weighted by molar-refractivity contribution is 14.0. The van der Waals surface area contributed by atoms with E-state index in [1.165, 1.54) is 30.6 Å². The van der Waals surface area contributed by atoms with Crippen molar-refractivity contribution in [2.45, 2.75) is 39.3 Å². The molecule has 0 spiro atoms. The molecular formula is C15H29IN6. The Bertz CT molecular complexity index is 510. The first-order chi connectivity index (χ1) is 10.0. The minimum absolute atomic E-state index is 0. The van der Waals surface area contributed by atoms with E-state index in [1.54, 1.807) is 0 Å². The number of nitrogens with zero attached hydrogens (tertiary/aromatic N) is 4. The number of rotatable bonds is 4. The minimum Gasteiger partial charge on any atom is -0.355 e. The van der Waals surface area contributed by atoms with Crippen LogP contribution in [0.5, 0.6) is 0 Å². The predicted octanol–water partition coefficient (Wildman–Crippen LogP) is 1.41. The topological polar surface area (TPSA) is 57.5 Å². The van der Waals surface area contributed by atoms with E-state index in [4.69, 9.17) is 0 Å². The number of hydrogen-bond acceptors (Lipinski definition) is 3. The van der Waals surface area contributed by atoms with Gasteiger partial charge in [0, 0.05) is 44.5 Å². The summed E-state index contributed by atoms with van der Waals surface area (Å²) >= 11 is 0. The maximum absolute atomic E-state index is 4.44. The van der Waals surface area contributed by atoms with Gasteiger partial charge in [-0.05, 0) is 40.3 Å². The molecular weight excluding hydrogens is 391 g/mol. The van der Waals surface area contributed by atoms with E-state index in [9.17, 15) is 0 Å². The fourth-order valence-corrected chi connectivity index (χ4v) is 2.92. The second-order valence-electron chi connectivity index (χ2n) is 5.86. The van der Waals surface area contributed by atoms with Gasteiger partial charge in [-0.1, -0.05) is 0 Å². The Morgan fingerprint density at radius 2 is 2.05 bits per heavy atom. The van der Waals surface area contributed by atoms with Gasteiger partial charge in [0.25, 0.3) is 0 Å². The third-order valence-electron chi connectivity index (χ3n) is 4.49. The molecule has 0 amide bonds. The number of likely N-dealkylation sites (tertiary alicyclic amines) is 1. The van der Waals surface area contributed by atoms with Crippen LogP contribution in [-0.4, -0.2) is 53.9 Å². The lowest BCUT2D eigenvalue weighted by molar-refractivity contribution is 0.309. The fourth-order valence-electron chi connectivity index (χ4n) is 2.92. The molecule has 6 nitrogen and oxygen atoms in total. The molecule has 126 valence electrons. The summed E-state index contributed by atoms with van der Waals surface area (Å²) < 4.78 is 1.93. The molecule has 1 aromatic rings. The van der Waals surface area contributed by atoms with Crippen LogP contribution in [0, 0.1) is 13.8 Å². The highest BCUT2D eigenvalue weighted by Gasteiger charge is 2.20. The minimum atomic E-state index is 0. The molecule has 1 saturated heterocycles. The molecule has 0 saturated carbocycles. The van der Waals surface area contributed by atoms with E-state index in [0.717, 1.165) is 24.7 Å². The summed E-state index contributed by atoms with van der Waals surface area (Å²) in [5, 5.41) is 11.3. The highest BCUT2D eigenvalue weighted by Crippen LogP contribution is 2.13. The first-order valence-corrected chi connectivity index (χ1v) is 7.66. The van der Waals surface area contributed by atoms with Crippen LogP contribution in [0.15, 0.2) is 4.99 Å². The largest absolute Gasteiger partial charge is 0.355 e. The normalized spacial score (nSPS) is 19.1. The highest BCUT2D eigenvalue weighted by atomic mass is 127. The lowest BCUT2D eigenvalue weighted by Gasteiger charge is -2.21. The van der Waals surface area contributed by atoms with E-state index < -0.39 is 0 Å². The van der Waals surface area contributed by atoms with Crippen molar-refractivity contribution in [2.24, 2.45) is 12.0 Å². The summed E-state index contributed by atoms with van der Waals surface area (Å²) in [4.78, 5) is 6.72. The van der Waals surface area contributed by atoms with Crippen LogP contribution in [0.3, 0.4) is 0 Å². The average molecular weight is 420 g/mol. The van der Waals surface area contributed by atoms with E-state index in [1.807, 2.05) is 25.7 Å². The van der Waals surface area contributed by atoms with Gasteiger partial charge in [-0.2, -0.15) is 5.10 Å². The Balaban J connectivity index is 0.00000242. The second-order valence-corrected chi connectivity index (χ2v) is 5.86. The summed E-state index contributed by atoms with van der Waals surface area (Å²) in [6, 6.07) is 0.616. The van der Waals surface area contributed by atoms with E-state index in [2.05, 4.69) is 39.6 Å². The molecule has 0 aromatic carbocycles. The van der Waals surface area contributed by atoms with Gasteiger partial charge < -0.3 is 15.5 Å². The van der Waals surface area contributed by atoms with Crippen LogP contribution >= 0.6 is 24.0 Å². The van der Waals surface area contributed by atoms with Crippen molar-refractivity contribution in [2.75, 3.05) is 27.2 Å². The van der Waals surface area contributed by atoms with Gasteiger partial charge in [0.05, 0.1) is 5.69 Å². The summed E-state index contributed by atoms with van der Waals surface area (Å²) in [6.07, 6.45) is 2.56. The number of aromatic nitrogens is 2. The summed E-state index contributed by atoms with van der Waals surface area (Å²) in [5.74, 6) is 0.859. The fraction of sp³-hybridized carbons (Fsp3) is 0.733. The van der Waals surface area contributed by atoms with Crippen molar-refractivity contribution in [1.29, 1.82) is 0 Å². The molecule has 1 aliphatic rings. The number of halogens is 1. The third kappa shape index (κ3) is 4.58. The molecule has 1 aliphatic heterocycles. The smallest absolute Gasteiger partial charge is 0.191 e. The molecule has 7 heteroatoms. The lowest BCUT2D eigenvalue weighted by Crippen LogP contribution is -2.43. The maximum Gasteiger partial charge on any atom is 0.191 e. The molecule has 2 N–H and O–H groups in total. The standard InChI is InChI=1S/C15H28N6.HI/c1-11-14(12(2)21(5)19-11)10-18-15(16-3)17-9-13-7-6-8-20(13)4;/h13H,6-10H2,1-5H3,(H2,16,17,18);1H. The van der Waals surface area contributed by atoms with Gasteiger partial charge in [-0.15, -0.1) is 24.0 Å². The number of guanidine groups is 1. The Kier molecular flexibility index (Phi) is 7.61. The van der Waals surface area contributed by atoms with Crippen molar-refractivity contribution in [1.82, 2.24) is 25.3 Å². The van der Waals surface area contributed by atoms with Gasteiger partial charge in [-0.3, -0.25) is 9.67 Å². The van der Waals surface area contributed by atoms with Crippen LogP contribution in [0.4, 0.5) is 0 Å². The van der Waals surface area contributed by atoms with E-state index in [-0.39, 0.29) is 24.0 Å². The van der Waals surface area contributed by atoms with Gasteiger partial charge in [0.1, 0.15) is 0 Å². The van der Waals surface area contributed by atoms with Crippen LogP contribution < -0.4 is 10.6 Å². The number of aryl methyl sites for hydroxylation is 2. The quantitative estimate of drug-likeness (QED) is 0.440. The summed E-state index contributed by atoms with van der Waals surface area (Å²) in [5.41, 5.74) is 3.53. The van der Waals surface area contributed by atoms with Crippen molar-refractivity contribution >= 4 is 29.9 Å². The zero-order valence-electron chi connectivity index (χ0n) is 14.3. The Labute approximate surface area is 150 Å². The van der Waals surface area contributed by atoms with Gasteiger partial charge in [0.2, 0.25) is 0 Å². The van der Waals surface area contributed by atoms with E-state index >= 15 is 0 Å². The molecule has 2 heterocycles. The van der Waals surface area contributed by atoms with Crippen molar-refractivity contribution in [3.63, 3.8) is 0 Å². The molecule has 1 atom stereocenters. The number of likely N-dealkylation sites (N-methyl/N-ethyl adjacent to an activating group) is 1. The van der Waals surface area contributed by atoms with Gasteiger partial charge in [-0.25, -0.2) is 0 Å². The van der Waals surface area contributed by atoms with Crippen LogP contribution in [0.2, 0.25) is 0 Å². The predicted molar refractivity (Wildman–Crippen MR) is 102 cm³/mol. The average Bonchev–Trinajstić information content (AvgIpc) is 2.96. The molecule has 22 heavy (non-hydrogen) atoms. The van der Waals surface area contributed by atoms with Crippen LogP contribution in [0.1, 0.15) is 29.8 Å². The Morgan fingerprint density at radius 3 is 2.55 bits per heavy atom. The zero-order chi connectivity index (χ0) is 15.4. The first kappa shape index (κ1) is 19.2. The molecule has 0 bridgehead atoms. The number of aliphatic imine (C=N–C) groups is 1. The Hall–Kier alpha value is -0.830. The maximum atomic E-state index is 4.44. The summed E-state index contributed by atoms with van der Waals surface area (Å²) in [7, 11) is 5.99. The lowest BCUT2D eigenvalue weighted by atomic mass is 10.2. The first-order valence-electron chi connectivity index (χ1n) is 7.66. The number of nitrogens with one attached hydrogen (secondary N) is 2. The Morgan fingerprint density at radius 1 is 1.32 bits per heavy atom. The van der Waals surface area contributed by atoms with E-state index in [0.29, 0.717) is 6.04 Å². The van der Waals surface area contributed by atoms with Crippen LogP contribution in [0.25, 0.3) is 0 Å². The monoisotopic (exact) mass is 420 g/mol. The van der Waals surface area contributed by atoms with Crippen LogP contribution in [-0.2, 0) is 13.6 Å². The molecule has 1 unspecified atom stereocenters. The molecule has 2 rings (SSSR count). The zero-order valence-corrected chi connectivity index (χ0v) is 16.6. The summed E-state index contributed by atoms with van der Waals surface area (Å²) in [6.45, 7) is 7.05. The van der Waals surface area contributed by atoms with Crippen molar-refractivity contribution in [3.8, 4) is 0 Å². The molecule has 1 aromatic heterocycles. The molecule has 0 aliphatic carbocycles. The second kappa shape index (κ2) is 8.71. The molecule has 1 fully saturated rings. The van der Waals surface area contributed by atoms with Crippen molar-refractivity contribution < 1.29 is 0 Å². The molecule has 0 radical (unpaired) electrons. The van der Waals surface area contributed by atoms with Gasteiger partial charge in [0.15, 0.2) is 5.96 Å². The SMILES string of the molecule is CN=C(NCc1c(C)nn(C)c1C)NCC1CCCN1C.I. The third-order valence-corrected chi connectivity index (χ3v) is 4.49.